The van der Waals surface area contributed by atoms with Crippen molar-refractivity contribution in [3.05, 3.63) is 23.8 Å². The number of benzene rings is 1. The Labute approximate surface area is 125 Å². The normalized spacial score (nSPS) is 20.4. The summed E-state index contributed by atoms with van der Waals surface area (Å²) in [5.41, 5.74) is 7.13. The van der Waals surface area contributed by atoms with Crippen LogP contribution in [0.1, 0.15) is 38.3 Å². The first kappa shape index (κ1) is 15.6. The lowest BCUT2D eigenvalue weighted by molar-refractivity contribution is -0.138. The third-order valence-corrected chi connectivity index (χ3v) is 3.62. The number of ether oxygens (including phenoxy) is 2. The van der Waals surface area contributed by atoms with E-state index in [9.17, 15) is 4.79 Å². The van der Waals surface area contributed by atoms with Gasteiger partial charge < -0.3 is 20.3 Å². The summed E-state index contributed by atoms with van der Waals surface area (Å²) in [4.78, 5) is 10.7. The van der Waals surface area contributed by atoms with Crippen molar-refractivity contribution in [2.75, 3.05) is 13.2 Å². The summed E-state index contributed by atoms with van der Waals surface area (Å²) >= 11 is 0. The van der Waals surface area contributed by atoms with Crippen molar-refractivity contribution >= 4 is 5.97 Å². The molecule has 116 valence electrons. The molecule has 0 aliphatic carbocycles. The number of hydrogen-bond donors (Lipinski definition) is 2. The minimum Gasteiger partial charge on any atom is -0.489 e. The van der Waals surface area contributed by atoms with Crippen LogP contribution in [0.4, 0.5) is 0 Å². The van der Waals surface area contributed by atoms with Crippen molar-refractivity contribution in [1.82, 2.24) is 0 Å². The molecule has 0 saturated heterocycles. The van der Waals surface area contributed by atoms with E-state index in [0.29, 0.717) is 25.6 Å². The molecule has 21 heavy (non-hydrogen) atoms. The van der Waals surface area contributed by atoms with E-state index < -0.39 is 5.97 Å². The highest BCUT2D eigenvalue weighted by molar-refractivity contribution is 5.66. The number of carboxylic acids is 1. The first-order valence-electron chi connectivity index (χ1n) is 7.32. The van der Waals surface area contributed by atoms with Crippen LogP contribution in [0.3, 0.4) is 0 Å². The lowest BCUT2D eigenvalue weighted by atomic mass is 9.94. The molecule has 0 saturated carbocycles. The van der Waals surface area contributed by atoms with E-state index in [1.807, 2.05) is 25.1 Å². The number of fused-ring (bicyclic) bond motifs is 1. The molecule has 0 aromatic heterocycles. The molecule has 0 amide bonds. The summed E-state index contributed by atoms with van der Waals surface area (Å²) in [6.07, 6.45) is 0.762. The predicted molar refractivity (Wildman–Crippen MR) is 79.6 cm³/mol. The smallest absolute Gasteiger partial charge is 0.303 e. The lowest BCUT2D eigenvalue weighted by Gasteiger charge is -2.17. The van der Waals surface area contributed by atoms with Gasteiger partial charge in [0, 0.05) is 18.4 Å². The Kier molecular flexibility index (Phi) is 5.07. The Bertz CT molecular complexity index is 503. The Hall–Kier alpha value is -1.75. The number of carboxylic acid groups (broad SMARTS) is 1. The fourth-order valence-electron chi connectivity index (χ4n) is 2.45. The van der Waals surface area contributed by atoms with Gasteiger partial charge in [0.2, 0.25) is 0 Å². The van der Waals surface area contributed by atoms with Crippen LogP contribution < -0.4 is 15.2 Å². The van der Waals surface area contributed by atoms with Crippen LogP contribution in [0.25, 0.3) is 0 Å². The second kappa shape index (κ2) is 6.80. The Morgan fingerprint density at radius 3 is 2.71 bits per heavy atom. The zero-order valence-corrected chi connectivity index (χ0v) is 12.5. The van der Waals surface area contributed by atoms with Crippen molar-refractivity contribution < 1.29 is 19.4 Å². The number of hydrogen-bond acceptors (Lipinski definition) is 4. The summed E-state index contributed by atoms with van der Waals surface area (Å²) in [5, 5.41) is 8.80. The van der Waals surface area contributed by atoms with E-state index in [4.69, 9.17) is 20.3 Å². The van der Waals surface area contributed by atoms with Crippen molar-refractivity contribution in [2.24, 2.45) is 17.6 Å². The van der Waals surface area contributed by atoms with Crippen LogP contribution in [0.2, 0.25) is 0 Å². The number of nitrogens with two attached hydrogens (primary N) is 1. The van der Waals surface area contributed by atoms with Gasteiger partial charge in [-0.05, 0) is 30.0 Å². The van der Waals surface area contributed by atoms with Gasteiger partial charge in [-0.1, -0.05) is 19.9 Å². The molecule has 3 unspecified atom stereocenters. The Morgan fingerprint density at radius 1 is 1.38 bits per heavy atom. The monoisotopic (exact) mass is 293 g/mol. The minimum absolute atomic E-state index is 0.0356. The van der Waals surface area contributed by atoms with Gasteiger partial charge in [-0.3, -0.25) is 4.79 Å². The molecule has 5 heteroatoms. The van der Waals surface area contributed by atoms with Gasteiger partial charge in [0.15, 0.2) is 11.5 Å². The molecule has 3 atom stereocenters. The van der Waals surface area contributed by atoms with Gasteiger partial charge in [0.25, 0.3) is 0 Å². The van der Waals surface area contributed by atoms with Gasteiger partial charge >= 0.3 is 5.97 Å². The van der Waals surface area contributed by atoms with E-state index in [1.165, 1.54) is 0 Å². The molecular weight excluding hydrogens is 270 g/mol. The molecule has 1 heterocycles. The van der Waals surface area contributed by atoms with Gasteiger partial charge in [0.05, 0.1) is 13.2 Å². The van der Waals surface area contributed by atoms with Crippen molar-refractivity contribution in [3.8, 4) is 11.5 Å². The Balaban J connectivity index is 2.05. The van der Waals surface area contributed by atoms with Gasteiger partial charge in [-0.2, -0.15) is 0 Å². The number of rotatable bonds is 5. The highest BCUT2D eigenvalue weighted by atomic mass is 16.5. The summed E-state index contributed by atoms with van der Waals surface area (Å²) in [6, 6.07) is 5.51. The van der Waals surface area contributed by atoms with E-state index in [2.05, 4.69) is 6.92 Å². The Morgan fingerprint density at radius 2 is 2.05 bits per heavy atom. The number of aliphatic carboxylic acids is 1. The SMILES string of the molecule is CC1COc2ccc(C(N)CC(C)CC(=O)O)cc2OC1. The maximum Gasteiger partial charge on any atom is 0.303 e. The lowest BCUT2D eigenvalue weighted by Crippen LogP contribution is -2.16. The maximum absolute atomic E-state index is 10.7. The van der Waals surface area contributed by atoms with Crippen LogP contribution in [-0.4, -0.2) is 24.3 Å². The molecule has 0 fully saturated rings. The minimum atomic E-state index is -0.789. The van der Waals surface area contributed by atoms with Gasteiger partial charge in [-0.15, -0.1) is 0 Å². The first-order valence-corrected chi connectivity index (χ1v) is 7.32. The van der Waals surface area contributed by atoms with Gasteiger partial charge in [-0.25, -0.2) is 0 Å². The van der Waals surface area contributed by atoms with Crippen LogP contribution in [-0.2, 0) is 4.79 Å². The van der Waals surface area contributed by atoms with Crippen LogP contribution in [0.15, 0.2) is 18.2 Å². The largest absolute Gasteiger partial charge is 0.489 e. The highest BCUT2D eigenvalue weighted by Gasteiger charge is 2.18. The molecule has 0 radical (unpaired) electrons. The molecule has 5 nitrogen and oxygen atoms in total. The third-order valence-electron chi connectivity index (χ3n) is 3.62. The summed E-state index contributed by atoms with van der Waals surface area (Å²) in [6.45, 7) is 5.25. The second-order valence-corrected chi connectivity index (χ2v) is 5.98. The third kappa shape index (κ3) is 4.36. The quantitative estimate of drug-likeness (QED) is 0.872. The maximum atomic E-state index is 10.7. The molecule has 1 aromatic rings. The van der Waals surface area contributed by atoms with Crippen molar-refractivity contribution in [1.29, 1.82) is 0 Å². The van der Waals surface area contributed by atoms with Crippen LogP contribution in [0, 0.1) is 11.8 Å². The van der Waals surface area contributed by atoms with Crippen LogP contribution in [0.5, 0.6) is 11.5 Å². The summed E-state index contributed by atoms with van der Waals surface area (Å²) in [5.74, 6) is 1.06. The molecule has 0 spiro atoms. The van der Waals surface area contributed by atoms with Crippen molar-refractivity contribution in [3.63, 3.8) is 0 Å². The van der Waals surface area contributed by atoms with Gasteiger partial charge in [0.1, 0.15) is 0 Å². The molecular formula is C16H23NO4. The van der Waals surface area contributed by atoms with E-state index in [1.54, 1.807) is 0 Å². The highest BCUT2D eigenvalue weighted by Crippen LogP contribution is 2.34. The standard InChI is InChI=1S/C16H23NO4/c1-10(6-16(18)19)5-13(17)12-3-4-14-15(7-12)21-9-11(2)8-20-14/h3-4,7,10-11,13H,5-6,8-9,17H2,1-2H3,(H,18,19). The van der Waals surface area contributed by atoms with Crippen molar-refractivity contribution in [2.45, 2.75) is 32.7 Å². The summed E-state index contributed by atoms with van der Waals surface area (Å²) in [7, 11) is 0. The van der Waals surface area contributed by atoms with E-state index in [-0.39, 0.29) is 18.4 Å². The average Bonchev–Trinajstić information content (AvgIpc) is 2.59. The fourth-order valence-corrected chi connectivity index (χ4v) is 2.45. The summed E-state index contributed by atoms with van der Waals surface area (Å²) < 4.78 is 11.4. The molecule has 1 aromatic carbocycles. The molecule has 0 bridgehead atoms. The zero-order valence-electron chi connectivity index (χ0n) is 12.5. The zero-order chi connectivity index (χ0) is 15.4. The second-order valence-electron chi connectivity index (χ2n) is 5.98. The predicted octanol–water partition coefficient (Wildman–Crippen LogP) is 2.59. The molecule has 2 rings (SSSR count). The van der Waals surface area contributed by atoms with Crippen LogP contribution >= 0.6 is 0 Å². The fraction of sp³-hybridized carbons (Fsp3) is 0.562. The molecule has 1 aliphatic rings. The number of carbonyl (C=O) groups is 1. The first-order chi connectivity index (χ1) is 9.95. The van der Waals surface area contributed by atoms with E-state index in [0.717, 1.165) is 17.1 Å². The van der Waals surface area contributed by atoms with E-state index >= 15 is 0 Å². The molecule has 3 N–H and O–H groups in total. The topological polar surface area (TPSA) is 81.8 Å². The molecule has 1 aliphatic heterocycles. The average molecular weight is 293 g/mol.